The van der Waals surface area contributed by atoms with E-state index in [1.807, 2.05) is 25.1 Å². The van der Waals surface area contributed by atoms with Crippen LogP contribution in [0.4, 0.5) is 0 Å². The molecule has 1 aromatic heterocycles. The maximum Gasteiger partial charge on any atom is 0.251 e. The number of benzene rings is 1. The Morgan fingerprint density at radius 2 is 1.89 bits per heavy atom. The standard InChI is InChI=1S/C13H11Br2NO2/c1-8-2-3-12(18-8)7-16-13(17)9-4-10(14)6-11(15)5-9/h2-6H,7H2,1H3,(H,16,17). The van der Waals surface area contributed by atoms with Gasteiger partial charge in [0.2, 0.25) is 0 Å². The van der Waals surface area contributed by atoms with Crippen LogP contribution in [0.25, 0.3) is 0 Å². The topological polar surface area (TPSA) is 42.2 Å². The average Bonchev–Trinajstić information content (AvgIpc) is 2.70. The van der Waals surface area contributed by atoms with Crippen LogP contribution in [-0.4, -0.2) is 5.91 Å². The van der Waals surface area contributed by atoms with Gasteiger partial charge in [-0.15, -0.1) is 0 Å². The molecule has 2 rings (SSSR count). The summed E-state index contributed by atoms with van der Waals surface area (Å²) in [7, 11) is 0. The summed E-state index contributed by atoms with van der Waals surface area (Å²) in [4.78, 5) is 11.9. The third-order valence-corrected chi connectivity index (χ3v) is 3.26. The fraction of sp³-hybridized carbons (Fsp3) is 0.154. The number of nitrogens with one attached hydrogen (secondary N) is 1. The van der Waals surface area contributed by atoms with Gasteiger partial charge >= 0.3 is 0 Å². The van der Waals surface area contributed by atoms with Crippen molar-refractivity contribution in [3.05, 3.63) is 56.4 Å². The van der Waals surface area contributed by atoms with E-state index in [9.17, 15) is 4.79 Å². The molecule has 3 nitrogen and oxygen atoms in total. The molecule has 2 aromatic rings. The Bertz CT molecular complexity index is 558. The fourth-order valence-electron chi connectivity index (χ4n) is 1.53. The molecule has 0 bridgehead atoms. The van der Waals surface area contributed by atoms with E-state index >= 15 is 0 Å². The number of amides is 1. The van der Waals surface area contributed by atoms with Crippen LogP contribution in [-0.2, 0) is 6.54 Å². The van der Waals surface area contributed by atoms with Gasteiger partial charge in [0.15, 0.2) is 0 Å². The van der Waals surface area contributed by atoms with Crippen LogP contribution in [0.15, 0.2) is 43.7 Å². The predicted molar refractivity (Wildman–Crippen MR) is 76.5 cm³/mol. The molecule has 1 N–H and O–H groups in total. The number of hydrogen-bond donors (Lipinski definition) is 1. The average molecular weight is 373 g/mol. The van der Waals surface area contributed by atoms with Crippen molar-refractivity contribution >= 4 is 37.8 Å². The molecule has 0 fully saturated rings. The van der Waals surface area contributed by atoms with Crippen molar-refractivity contribution in [3.8, 4) is 0 Å². The molecule has 0 spiro atoms. The van der Waals surface area contributed by atoms with E-state index in [-0.39, 0.29) is 5.91 Å². The number of furan rings is 1. The number of hydrogen-bond acceptors (Lipinski definition) is 2. The largest absolute Gasteiger partial charge is 0.465 e. The summed E-state index contributed by atoms with van der Waals surface area (Å²) >= 11 is 6.70. The minimum Gasteiger partial charge on any atom is -0.465 e. The quantitative estimate of drug-likeness (QED) is 0.883. The molecule has 0 aliphatic carbocycles. The Hall–Kier alpha value is -1.07. The van der Waals surface area contributed by atoms with Crippen molar-refractivity contribution in [2.45, 2.75) is 13.5 Å². The van der Waals surface area contributed by atoms with Crippen LogP contribution < -0.4 is 5.32 Å². The number of halogens is 2. The summed E-state index contributed by atoms with van der Waals surface area (Å²) in [5.74, 6) is 1.45. The summed E-state index contributed by atoms with van der Waals surface area (Å²) in [5, 5.41) is 2.81. The van der Waals surface area contributed by atoms with Crippen molar-refractivity contribution in [2.24, 2.45) is 0 Å². The van der Waals surface area contributed by atoms with E-state index in [0.29, 0.717) is 12.1 Å². The van der Waals surface area contributed by atoms with Crippen molar-refractivity contribution in [1.82, 2.24) is 5.32 Å². The van der Waals surface area contributed by atoms with E-state index in [1.54, 1.807) is 12.1 Å². The summed E-state index contributed by atoms with van der Waals surface area (Å²) in [6.45, 7) is 2.26. The monoisotopic (exact) mass is 371 g/mol. The Morgan fingerprint density at radius 1 is 1.22 bits per heavy atom. The van der Waals surface area contributed by atoms with Crippen molar-refractivity contribution < 1.29 is 9.21 Å². The van der Waals surface area contributed by atoms with E-state index in [0.717, 1.165) is 20.5 Å². The Balaban J connectivity index is 2.03. The maximum atomic E-state index is 11.9. The van der Waals surface area contributed by atoms with Crippen LogP contribution in [0, 0.1) is 6.92 Å². The van der Waals surface area contributed by atoms with Gasteiger partial charge in [0.25, 0.3) is 5.91 Å². The minimum absolute atomic E-state index is 0.133. The lowest BCUT2D eigenvalue weighted by Crippen LogP contribution is -2.22. The van der Waals surface area contributed by atoms with Gasteiger partial charge in [-0.2, -0.15) is 0 Å². The molecular formula is C13H11Br2NO2. The lowest BCUT2D eigenvalue weighted by molar-refractivity contribution is 0.0947. The molecular weight excluding hydrogens is 362 g/mol. The maximum absolute atomic E-state index is 11.9. The van der Waals surface area contributed by atoms with Crippen molar-refractivity contribution in [3.63, 3.8) is 0 Å². The number of carbonyl (C=O) groups is 1. The van der Waals surface area contributed by atoms with Crippen LogP contribution in [0.1, 0.15) is 21.9 Å². The van der Waals surface area contributed by atoms with Gasteiger partial charge in [-0.3, -0.25) is 4.79 Å². The molecule has 18 heavy (non-hydrogen) atoms. The molecule has 94 valence electrons. The lowest BCUT2D eigenvalue weighted by atomic mass is 10.2. The molecule has 1 amide bonds. The Kier molecular flexibility index (Phi) is 4.24. The van der Waals surface area contributed by atoms with Crippen molar-refractivity contribution in [2.75, 3.05) is 0 Å². The van der Waals surface area contributed by atoms with E-state index < -0.39 is 0 Å². The van der Waals surface area contributed by atoms with Gasteiger partial charge in [-0.05, 0) is 37.3 Å². The summed E-state index contributed by atoms with van der Waals surface area (Å²) < 4.78 is 7.10. The second-order valence-electron chi connectivity index (χ2n) is 3.85. The highest BCUT2D eigenvalue weighted by Crippen LogP contribution is 2.20. The molecule has 0 aliphatic heterocycles. The zero-order chi connectivity index (χ0) is 13.1. The second-order valence-corrected chi connectivity index (χ2v) is 5.68. The predicted octanol–water partition coefficient (Wildman–Crippen LogP) is 4.04. The first-order valence-corrected chi connectivity index (χ1v) is 6.93. The summed E-state index contributed by atoms with van der Waals surface area (Å²) in [6, 6.07) is 9.15. The van der Waals surface area contributed by atoms with E-state index in [4.69, 9.17) is 4.42 Å². The molecule has 0 unspecified atom stereocenters. The van der Waals surface area contributed by atoms with Crippen LogP contribution in [0.3, 0.4) is 0 Å². The minimum atomic E-state index is -0.133. The third-order valence-electron chi connectivity index (χ3n) is 2.34. The normalized spacial score (nSPS) is 10.4. The first-order chi connectivity index (χ1) is 8.54. The molecule has 0 atom stereocenters. The third kappa shape index (κ3) is 3.46. The first kappa shape index (κ1) is 13.4. The summed E-state index contributed by atoms with van der Waals surface area (Å²) in [6.07, 6.45) is 0. The highest BCUT2D eigenvalue weighted by Gasteiger charge is 2.08. The molecule has 0 radical (unpaired) electrons. The highest BCUT2D eigenvalue weighted by atomic mass is 79.9. The molecule has 0 saturated heterocycles. The van der Waals surface area contributed by atoms with Gasteiger partial charge in [-0.25, -0.2) is 0 Å². The Labute approximate surface area is 122 Å². The van der Waals surface area contributed by atoms with Crippen molar-refractivity contribution in [1.29, 1.82) is 0 Å². The molecule has 0 aliphatic rings. The summed E-state index contributed by atoms with van der Waals surface area (Å²) in [5.41, 5.74) is 0.597. The zero-order valence-electron chi connectivity index (χ0n) is 9.67. The highest BCUT2D eigenvalue weighted by molar-refractivity contribution is 9.11. The van der Waals surface area contributed by atoms with Crippen LogP contribution in [0.5, 0.6) is 0 Å². The number of aryl methyl sites for hydroxylation is 1. The van der Waals surface area contributed by atoms with E-state index in [2.05, 4.69) is 37.2 Å². The molecule has 1 heterocycles. The van der Waals surface area contributed by atoms with Gasteiger partial charge in [0.05, 0.1) is 6.54 Å². The molecule has 1 aromatic carbocycles. The zero-order valence-corrected chi connectivity index (χ0v) is 12.8. The lowest BCUT2D eigenvalue weighted by Gasteiger charge is -2.04. The van der Waals surface area contributed by atoms with Gasteiger partial charge in [-0.1, -0.05) is 31.9 Å². The van der Waals surface area contributed by atoms with Gasteiger partial charge in [0.1, 0.15) is 11.5 Å². The fourth-order valence-corrected chi connectivity index (χ4v) is 2.83. The molecule has 0 saturated carbocycles. The number of carbonyl (C=O) groups excluding carboxylic acids is 1. The SMILES string of the molecule is Cc1ccc(CNC(=O)c2cc(Br)cc(Br)c2)o1. The van der Waals surface area contributed by atoms with E-state index in [1.165, 1.54) is 0 Å². The molecule has 5 heteroatoms. The Morgan fingerprint density at radius 3 is 2.44 bits per heavy atom. The number of rotatable bonds is 3. The van der Waals surface area contributed by atoms with Crippen LogP contribution >= 0.6 is 31.9 Å². The van der Waals surface area contributed by atoms with Gasteiger partial charge < -0.3 is 9.73 Å². The first-order valence-electron chi connectivity index (χ1n) is 5.34. The smallest absolute Gasteiger partial charge is 0.251 e. The van der Waals surface area contributed by atoms with Gasteiger partial charge in [0, 0.05) is 14.5 Å². The van der Waals surface area contributed by atoms with Crippen LogP contribution in [0.2, 0.25) is 0 Å². The second kappa shape index (κ2) is 5.71.